The van der Waals surface area contributed by atoms with Gasteiger partial charge < -0.3 is 10.2 Å². The normalized spacial score (nSPS) is 11.9. The molecule has 0 aliphatic rings. The van der Waals surface area contributed by atoms with Crippen LogP contribution in [0, 0.1) is 6.92 Å². The highest BCUT2D eigenvalue weighted by Crippen LogP contribution is 2.31. The van der Waals surface area contributed by atoms with Gasteiger partial charge in [-0.25, -0.2) is 8.42 Å². The fourth-order valence-corrected chi connectivity index (χ4v) is 6.23. The summed E-state index contributed by atoms with van der Waals surface area (Å²) < 4.78 is 29.0. The molecule has 2 amide bonds. The fourth-order valence-electron chi connectivity index (χ4n) is 4.51. The first kappa shape index (κ1) is 29.8. The molecule has 0 heterocycles. The highest BCUT2D eigenvalue weighted by molar-refractivity contribution is 7.92. The number of anilines is 1. The summed E-state index contributed by atoms with van der Waals surface area (Å²) in [5.41, 5.74) is 2.73. The van der Waals surface area contributed by atoms with Crippen molar-refractivity contribution in [2.45, 2.75) is 30.8 Å². The molecule has 7 nitrogen and oxygen atoms in total. The first-order chi connectivity index (χ1) is 19.7. The molecule has 0 unspecified atom stereocenters. The third-order valence-corrected chi connectivity index (χ3v) is 8.82. The maximum absolute atomic E-state index is 14.2. The Labute approximate surface area is 246 Å². The minimum atomic E-state index is -4.20. The molecule has 0 aliphatic carbocycles. The summed E-state index contributed by atoms with van der Waals surface area (Å²) >= 11 is 6.48. The third kappa shape index (κ3) is 7.34. The molecule has 0 bridgehead atoms. The molecule has 0 radical (unpaired) electrons. The molecule has 4 aromatic rings. The second-order valence-electron chi connectivity index (χ2n) is 9.60. The van der Waals surface area contributed by atoms with Gasteiger partial charge in [-0.3, -0.25) is 13.9 Å². The monoisotopic (exact) mass is 589 g/mol. The predicted octanol–water partition coefficient (Wildman–Crippen LogP) is 5.23. The first-order valence-corrected chi connectivity index (χ1v) is 15.0. The number of amides is 2. The molecule has 41 heavy (non-hydrogen) atoms. The number of benzene rings is 4. The van der Waals surface area contributed by atoms with Gasteiger partial charge in [0.05, 0.1) is 15.6 Å². The number of halogens is 1. The fraction of sp³-hybridized carbons (Fsp3) is 0.188. The van der Waals surface area contributed by atoms with E-state index < -0.39 is 28.5 Å². The van der Waals surface area contributed by atoms with Gasteiger partial charge in [-0.05, 0) is 42.3 Å². The zero-order valence-corrected chi connectivity index (χ0v) is 24.5. The van der Waals surface area contributed by atoms with Crippen LogP contribution in [0.15, 0.2) is 114 Å². The molecule has 0 saturated carbocycles. The van der Waals surface area contributed by atoms with Crippen molar-refractivity contribution in [3.05, 3.63) is 131 Å². The van der Waals surface area contributed by atoms with Gasteiger partial charge in [0.1, 0.15) is 12.6 Å². The number of hydrogen-bond acceptors (Lipinski definition) is 4. The van der Waals surface area contributed by atoms with E-state index in [0.717, 1.165) is 21.0 Å². The number of carbonyl (C=O) groups excluding carboxylic acids is 2. The zero-order valence-electron chi connectivity index (χ0n) is 22.9. The summed E-state index contributed by atoms with van der Waals surface area (Å²) in [7, 11) is -2.69. The molecule has 0 aromatic heterocycles. The summed E-state index contributed by atoms with van der Waals surface area (Å²) in [6, 6.07) is 30.7. The first-order valence-electron chi connectivity index (χ1n) is 13.1. The number of carbonyl (C=O) groups is 2. The Morgan fingerprint density at radius 3 is 1.95 bits per heavy atom. The van der Waals surface area contributed by atoms with Crippen LogP contribution >= 0.6 is 11.6 Å². The van der Waals surface area contributed by atoms with Crippen LogP contribution in [0.25, 0.3) is 0 Å². The van der Waals surface area contributed by atoms with Gasteiger partial charge in [-0.15, -0.1) is 0 Å². The topological polar surface area (TPSA) is 86.8 Å². The van der Waals surface area contributed by atoms with E-state index in [1.165, 1.54) is 24.1 Å². The van der Waals surface area contributed by atoms with E-state index in [0.29, 0.717) is 0 Å². The number of nitrogens with one attached hydrogen (secondary N) is 1. The highest BCUT2D eigenvalue weighted by Gasteiger charge is 2.34. The van der Waals surface area contributed by atoms with Gasteiger partial charge in [0, 0.05) is 20.0 Å². The lowest BCUT2D eigenvalue weighted by Gasteiger charge is -2.33. The minimum absolute atomic E-state index is 0.0255. The Morgan fingerprint density at radius 1 is 0.805 bits per heavy atom. The van der Waals surface area contributed by atoms with E-state index in [-0.39, 0.29) is 34.5 Å². The van der Waals surface area contributed by atoms with E-state index in [1.54, 1.807) is 36.4 Å². The number of sulfonamides is 1. The lowest BCUT2D eigenvalue weighted by atomic mass is 10.0. The molecule has 0 saturated heterocycles. The third-order valence-electron chi connectivity index (χ3n) is 6.72. The van der Waals surface area contributed by atoms with Crippen LogP contribution in [0.5, 0.6) is 0 Å². The van der Waals surface area contributed by atoms with Crippen LogP contribution in [-0.2, 0) is 32.6 Å². The largest absolute Gasteiger partial charge is 0.357 e. The Morgan fingerprint density at radius 2 is 1.37 bits per heavy atom. The summed E-state index contributed by atoms with van der Waals surface area (Å²) in [6.45, 7) is 1.40. The van der Waals surface area contributed by atoms with E-state index in [2.05, 4.69) is 5.32 Å². The van der Waals surface area contributed by atoms with Crippen LogP contribution in [0.4, 0.5) is 5.69 Å². The number of rotatable bonds is 11. The minimum Gasteiger partial charge on any atom is -0.357 e. The van der Waals surface area contributed by atoms with E-state index >= 15 is 0 Å². The average Bonchev–Trinajstić information content (AvgIpc) is 2.99. The van der Waals surface area contributed by atoms with E-state index in [1.807, 2.05) is 67.6 Å². The average molecular weight is 590 g/mol. The highest BCUT2D eigenvalue weighted by atomic mass is 35.5. The smallest absolute Gasteiger partial charge is 0.264 e. The molecule has 0 spiro atoms. The Hall–Kier alpha value is -4.14. The maximum atomic E-state index is 14.2. The molecular formula is C32H32ClN3O4S. The lowest BCUT2D eigenvalue weighted by Crippen LogP contribution is -2.53. The summed E-state index contributed by atoms with van der Waals surface area (Å²) in [5, 5.41) is 2.85. The Balaban J connectivity index is 1.78. The van der Waals surface area contributed by atoms with Crippen molar-refractivity contribution in [1.82, 2.24) is 10.2 Å². The summed E-state index contributed by atoms with van der Waals surface area (Å²) in [4.78, 5) is 28.9. The van der Waals surface area contributed by atoms with Crippen molar-refractivity contribution in [3.63, 3.8) is 0 Å². The SMILES string of the molecule is CNC(=O)[C@@H](Cc1ccccc1)N(Cc1ccccc1)C(=O)CN(c1ccccc1Cl)S(=O)(=O)c1ccc(C)cc1. The Kier molecular flexibility index (Phi) is 9.81. The van der Waals surface area contributed by atoms with Gasteiger partial charge in [-0.1, -0.05) is 102 Å². The molecule has 4 rings (SSSR count). The van der Waals surface area contributed by atoms with Gasteiger partial charge in [0.2, 0.25) is 11.8 Å². The number of hydrogen-bond donors (Lipinski definition) is 1. The van der Waals surface area contributed by atoms with Crippen LogP contribution in [0.2, 0.25) is 5.02 Å². The predicted molar refractivity (Wildman–Crippen MR) is 162 cm³/mol. The lowest BCUT2D eigenvalue weighted by molar-refractivity contribution is -0.139. The molecule has 4 aromatic carbocycles. The van der Waals surface area contributed by atoms with Crippen molar-refractivity contribution in [2.24, 2.45) is 0 Å². The molecule has 1 atom stereocenters. The van der Waals surface area contributed by atoms with Gasteiger partial charge >= 0.3 is 0 Å². The second kappa shape index (κ2) is 13.5. The van der Waals surface area contributed by atoms with Crippen LogP contribution < -0.4 is 9.62 Å². The molecular weight excluding hydrogens is 558 g/mol. The van der Waals surface area contributed by atoms with Gasteiger partial charge in [0.15, 0.2) is 0 Å². The van der Waals surface area contributed by atoms with E-state index in [4.69, 9.17) is 11.6 Å². The van der Waals surface area contributed by atoms with Crippen molar-refractivity contribution in [3.8, 4) is 0 Å². The molecule has 212 valence electrons. The van der Waals surface area contributed by atoms with Crippen LogP contribution in [-0.4, -0.2) is 44.8 Å². The van der Waals surface area contributed by atoms with Gasteiger partial charge in [0.25, 0.3) is 10.0 Å². The van der Waals surface area contributed by atoms with Crippen LogP contribution in [0.3, 0.4) is 0 Å². The number of likely N-dealkylation sites (N-methyl/N-ethyl adjacent to an activating group) is 1. The second-order valence-corrected chi connectivity index (χ2v) is 11.9. The Bertz CT molecular complexity index is 1580. The van der Waals surface area contributed by atoms with Crippen molar-refractivity contribution in [2.75, 3.05) is 17.9 Å². The molecule has 0 aliphatic heterocycles. The number of para-hydroxylation sites is 1. The summed E-state index contributed by atoms with van der Waals surface area (Å²) in [5.74, 6) is -0.905. The quantitative estimate of drug-likeness (QED) is 0.260. The zero-order chi connectivity index (χ0) is 29.4. The molecule has 9 heteroatoms. The van der Waals surface area contributed by atoms with Crippen molar-refractivity contribution < 1.29 is 18.0 Å². The molecule has 0 fully saturated rings. The number of nitrogens with zero attached hydrogens (tertiary/aromatic N) is 2. The van der Waals surface area contributed by atoms with E-state index in [9.17, 15) is 18.0 Å². The van der Waals surface area contributed by atoms with Gasteiger partial charge in [-0.2, -0.15) is 0 Å². The van der Waals surface area contributed by atoms with Crippen molar-refractivity contribution in [1.29, 1.82) is 0 Å². The standard InChI is InChI=1S/C32H32ClN3O4S/c1-24-17-19-27(20-18-24)41(39,40)36(29-16-10-9-15-28(29)33)23-31(37)35(22-26-13-7-4-8-14-26)30(32(38)34-2)21-25-11-5-3-6-12-25/h3-20,30H,21-23H2,1-2H3,(H,34,38)/t30-/m1/s1. The molecule has 1 N–H and O–H groups in total. The maximum Gasteiger partial charge on any atom is 0.264 e. The van der Waals surface area contributed by atoms with Crippen LogP contribution in [0.1, 0.15) is 16.7 Å². The van der Waals surface area contributed by atoms with Crippen molar-refractivity contribution >= 4 is 39.1 Å². The summed E-state index contributed by atoms with van der Waals surface area (Å²) in [6.07, 6.45) is 0.246. The number of aryl methyl sites for hydroxylation is 1.